The average molecular weight is 306 g/mol. The smallest absolute Gasteiger partial charge is 0.151 e. The lowest BCUT2D eigenvalue weighted by molar-refractivity contribution is 0.621. The second-order valence-electron chi connectivity index (χ2n) is 6.39. The van der Waals surface area contributed by atoms with Crippen molar-refractivity contribution >= 4 is 12.6 Å². The molecule has 1 N–H and O–H groups in total. The molecule has 0 aromatic carbocycles. The zero-order valence-electron chi connectivity index (χ0n) is 15.0. The fourth-order valence-electron chi connectivity index (χ4n) is 3.05. The molecule has 1 aliphatic carbocycles. The molecular formula is C19H35N3. The van der Waals surface area contributed by atoms with Gasteiger partial charge < -0.3 is 5.32 Å². The highest BCUT2D eigenvalue weighted by Crippen LogP contribution is 2.22. The lowest BCUT2D eigenvalue weighted by Gasteiger charge is -2.15. The number of nitrogens with one attached hydrogen (secondary N) is 1. The summed E-state index contributed by atoms with van der Waals surface area (Å²) in [6, 6.07) is 0.461. The molecule has 0 atom stereocenters. The minimum absolute atomic E-state index is 0.461. The first kappa shape index (κ1) is 18.9. The molecule has 1 rings (SSSR count). The first-order valence-electron chi connectivity index (χ1n) is 9.21. The summed E-state index contributed by atoms with van der Waals surface area (Å²) < 4.78 is 0. The molecule has 1 fully saturated rings. The van der Waals surface area contributed by atoms with E-state index in [0.717, 1.165) is 25.2 Å². The van der Waals surface area contributed by atoms with Gasteiger partial charge >= 0.3 is 0 Å². The number of hydrogen-bond donors (Lipinski definition) is 1. The van der Waals surface area contributed by atoms with Crippen LogP contribution in [0.4, 0.5) is 0 Å². The Morgan fingerprint density at radius 1 is 1.09 bits per heavy atom. The molecule has 0 aliphatic heterocycles. The van der Waals surface area contributed by atoms with Crippen molar-refractivity contribution in [3.8, 4) is 0 Å². The maximum Gasteiger partial charge on any atom is 0.151 e. The number of nitrogens with zero attached hydrogens (tertiary/aromatic N) is 2. The normalized spacial score (nSPS) is 17.5. The number of amidine groups is 1. The summed E-state index contributed by atoms with van der Waals surface area (Å²) in [5.74, 6) is 0.858. The van der Waals surface area contributed by atoms with Crippen LogP contribution in [0.5, 0.6) is 0 Å². The summed E-state index contributed by atoms with van der Waals surface area (Å²) in [7, 11) is 0. The summed E-state index contributed by atoms with van der Waals surface area (Å²) in [5.41, 5.74) is 2.50. The third kappa shape index (κ3) is 6.76. The van der Waals surface area contributed by atoms with Gasteiger partial charge in [0.05, 0.1) is 6.04 Å². The summed E-state index contributed by atoms with van der Waals surface area (Å²) >= 11 is 0. The molecule has 1 aliphatic rings. The number of aliphatic imine (C=N–C) groups is 2. The Labute approximate surface area is 137 Å². The molecule has 0 aromatic rings. The Morgan fingerprint density at radius 2 is 1.82 bits per heavy atom. The third-order valence-electron chi connectivity index (χ3n) is 4.44. The SMILES string of the molecule is C=NC(=NC1CCCC1)C(C)=C(CCC)NCCCCCC. The van der Waals surface area contributed by atoms with Crippen LogP contribution in [0.3, 0.4) is 0 Å². The van der Waals surface area contributed by atoms with Crippen LogP contribution in [0.15, 0.2) is 21.3 Å². The van der Waals surface area contributed by atoms with Gasteiger partial charge in [0.1, 0.15) is 0 Å². The highest BCUT2D eigenvalue weighted by Gasteiger charge is 2.16. The summed E-state index contributed by atoms with van der Waals surface area (Å²) in [5, 5.41) is 3.63. The number of unbranched alkanes of at least 4 members (excludes halogenated alkanes) is 3. The molecular weight excluding hydrogens is 270 g/mol. The molecule has 0 amide bonds. The number of rotatable bonds is 10. The second-order valence-corrected chi connectivity index (χ2v) is 6.39. The van der Waals surface area contributed by atoms with Crippen molar-refractivity contribution in [2.45, 2.75) is 91.0 Å². The van der Waals surface area contributed by atoms with E-state index in [0.29, 0.717) is 6.04 Å². The molecule has 1 saturated carbocycles. The quantitative estimate of drug-likeness (QED) is 0.333. The van der Waals surface area contributed by atoms with Crippen molar-refractivity contribution < 1.29 is 0 Å². The van der Waals surface area contributed by atoms with Crippen molar-refractivity contribution in [1.29, 1.82) is 0 Å². The molecule has 22 heavy (non-hydrogen) atoms. The minimum Gasteiger partial charge on any atom is -0.388 e. The maximum atomic E-state index is 4.84. The summed E-state index contributed by atoms with van der Waals surface area (Å²) in [6.07, 6.45) is 12.4. The molecule has 0 saturated heterocycles. The zero-order valence-corrected chi connectivity index (χ0v) is 15.0. The van der Waals surface area contributed by atoms with Crippen LogP contribution in [-0.2, 0) is 0 Å². The van der Waals surface area contributed by atoms with Crippen molar-refractivity contribution in [3.05, 3.63) is 11.3 Å². The van der Waals surface area contributed by atoms with Crippen LogP contribution in [0.25, 0.3) is 0 Å². The van der Waals surface area contributed by atoms with E-state index < -0.39 is 0 Å². The van der Waals surface area contributed by atoms with E-state index in [1.54, 1.807) is 0 Å². The van der Waals surface area contributed by atoms with Crippen LogP contribution in [0, 0.1) is 0 Å². The molecule has 0 aromatic heterocycles. The monoisotopic (exact) mass is 305 g/mol. The van der Waals surface area contributed by atoms with Gasteiger partial charge in [0, 0.05) is 17.8 Å². The first-order chi connectivity index (χ1) is 10.7. The Kier molecular flexibility index (Phi) is 9.85. The van der Waals surface area contributed by atoms with E-state index >= 15 is 0 Å². The van der Waals surface area contributed by atoms with E-state index in [9.17, 15) is 0 Å². The van der Waals surface area contributed by atoms with Crippen molar-refractivity contribution in [3.63, 3.8) is 0 Å². The molecule has 0 unspecified atom stereocenters. The van der Waals surface area contributed by atoms with Crippen molar-refractivity contribution in [2.75, 3.05) is 6.54 Å². The van der Waals surface area contributed by atoms with Crippen LogP contribution >= 0.6 is 0 Å². The molecule has 3 nitrogen and oxygen atoms in total. The van der Waals surface area contributed by atoms with Crippen molar-refractivity contribution in [2.24, 2.45) is 9.98 Å². The van der Waals surface area contributed by atoms with E-state index in [1.807, 2.05) is 0 Å². The highest BCUT2D eigenvalue weighted by atomic mass is 15.0. The van der Waals surface area contributed by atoms with Gasteiger partial charge in [0.15, 0.2) is 5.84 Å². The van der Waals surface area contributed by atoms with Gasteiger partial charge in [-0.1, -0.05) is 52.4 Å². The highest BCUT2D eigenvalue weighted by molar-refractivity contribution is 6.01. The largest absolute Gasteiger partial charge is 0.388 e. The van der Waals surface area contributed by atoms with Gasteiger partial charge in [-0.2, -0.15) is 0 Å². The van der Waals surface area contributed by atoms with Gasteiger partial charge in [0.25, 0.3) is 0 Å². The van der Waals surface area contributed by atoms with Gasteiger partial charge in [-0.05, 0) is 39.3 Å². The van der Waals surface area contributed by atoms with Crippen LogP contribution < -0.4 is 5.32 Å². The molecule has 126 valence electrons. The second kappa shape index (κ2) is 11.4. The lowest BCUT2D eigenvalue weighted by Crippen LogP contribution is -2.19. The molecule has 0 spiro atoms. The van der Waals surface area contributed by atoms with Crippen molar-refractivity contribution in [1.82, 2.24) is 5.32 Å². The Hall–Kier alpha value is -1.12. The van der Waals surface area contributed by atoms with Crippen LogP contribution in [0.1, 0.15) is 85.0 Å². The third-order valence-corrected chi connectivity index (χ3v) is 4.44. The lowest BCUT2D eigenvalue weighted by atomic mass is 10.1. The van der Waals surface area contributed by atoms with Gasteiger partial charge in [-0.3, -0.25) is 4.99 Å². The van der Waals surface area contributed by atoms with Crippen LogP contribution in [-0.4, -0.2) is 25.1 Å². The molecule has 3 heteroatoms. The summed E-state index contributed by atoms with van der Waals surface area (Å²) in [4.78, 5) is 9.06. The minimum atomic E-state index is 0.461. The maximum absolute atomic E-state index is 4.84. The predicted octanol–water partition coefficient (Wildman–Crippen LogP) is 5.27. The first-order valence-corrected chi connectivity index (χ1v) is 9.21. The topological polar surface area (TPSA) is 36.8 Å². The number of allylic oxidation sites excluding steroid dienone is 1. The van der Waals surface area contributed by atoms with E-state index in [1.165, 1.54) is 62.6 Å². The van der Waals surface area contributed by atoms with Gasteiger partial charge in [0.2, 0.25) is 0 Å². The van der Waals surface area contributed by atoms with E-state index in [-0.39, 0.29) is 0 Å². The van der Waals surface area contributed by atoms with E-state index in [2.05, 4.69) is 37.8 Å². The Morgan fingerprint density at radius 3 is 2.41 bits per heavy atom. The average Bonchev–Trinajstić information content (AvgIpc) is 3.03. The molecule has 0 radical (unpaired) electrons. The fourth-order valence-corrected chi connectivity index (χ4v) is 3.05. The Balaban J connectivity index is 2.68. The zero-order chi connectivity index (χ0) is 16.2. The molecule has 0 bridgehead atoms. The molecule has 0 heterocycles. The van der Waals surface area contributed by atoms with Gasteiger partial charge in [-0.15, -0.1) is 0 Å². The number of hydrogen-bond acceptors (Lipinski definition) is 2. The Bertz CT molecular complexity index is 376. The van der Waals surface area contributed by atoms with Gasteiger partial charge in [-0.25, -0.2) is 4.99 Å². The fraction of sp³-hybridized carbons (Fsp3) is 0.789. The predicted molar refractivity (Wildman–Crippen MR) is 99.0 cm³/mol. The van der Waals surface area contributed by atoms with E-state index in [4.69, 9.17) is 4.99 Å². The standard InChI is InChI=1S/C19H35N3/c1-5-7-8-11-15-21-18(12-6-2)16(3)19(20-4)22-17-13-9-10-14-17/h17,21H,4-15H2,1-3H3. The summed E-state index contributed by atoms with van der Waals surface area (Å²) in [6.45, 7) is 11.4. The van der Waals surface area contributed by atoms with Crippen LogP contribution in [0.2, 0.25) is 0 Å².